The van der Waals surface area contributed by atoms with Crippen molar-refractivity contribution in [3.05, 3.63) is 34.9 Å². The van der Waals surface area contributed by atoms with E-state index in [-0.39, 0.29) is 6.09 Å². The molecule has 4 aromatic rings. The summed E-state index contributed by atoms with van der Waals surface area (Å²) in [5.41, 5.74) is 4.21. The molecule has 0 N–H and O–H groups in total. The van der Waals surface area contributed by atoms with Crippen molar-refractivity contribution in [2.45, 2.75) is 46.6 Å². The van der Waals surface area contributed by atoms with Gasteiger partial charge in [-0.3, -0.25) is 4.98 Å². The number of rotatable bonds is 2. The van der Waals surface area contributed by atoms with E-state index in [4.69, 9.17) is 19.7 Å². The molecule has 0 saturated carbocycles. The molecule has 1 amide bonds. The summed E-state index contributed by atoms with van der Waals surface area (Å²) < 4.78 is 7.47. The first-order valence-electron chi connectivity index (χ1n) is 10.4. The summed E-state index contributed by atoms with van der Waals surface area (Å²) >= 11 is 3.14. The first-order valence-corrected chi connectivity index (χ1v) is 12.1. The van der Waals surface area contributed by atoms with Crippen molar-refractivity contribution in [2.75, 3.05) is 13.1 Å². The molecular formula is C22H24N6O2S2. The summed E-state index contributed by atoms with van der Waals surface area (Å²) in [5, 5.41) is 1.83. The topological polar surface area (TPSA) is 85.5 Å². The molecule has 4 aromatic heterocycles. The molecule has 8 nitrogen and oxygen atoms in total. The second kappa shape index (κ2) is 7.63. The van der Waals surface area contributed by atoms with Gasteiger partial charge in [0.1, 0.15) is 21.3 Å². The number of imidazole rings is 1. The van der Waals surface area contributed by atoms with Crippen molar-refractivity contribution in [3.8, 4) is 10.7 Å². The van der Waals surface area contributed by atoms with Crippen molar-refractivity contribution < 1.29 is 9.53 Å². The number of fused-ring (bicyclic) bond motifs is 2. The average molecular weight is 469 g/mol. The van der Waals surface area contributed by atoms with Crippen LogP contribution in [0.1, 0.15) is 43.6 Å². The second-order valence-corrected chi connectivity index (χ2v) is 10.8. The van der Waals surface area contributed by atoms with Gasteiger partial charge in [0.05, 0.1) is 11.4 Å². The van der Waals surface area contributed by atoms with Crippen LogP contribution in [0.4, 0.5) is 4.79 Å². The molecule has 32 heavy (non-hydrogen) atoms. The molecule has 0 fully saturated rings. The maximum atomic E-state index is 12.3. The summed E-state index contributed by atoms with van der Waals surface area (Å²) in [5.74, 6) is 0. The maximum absolute atomic E-state index is 12.3. The first kappa shape index (κ1) is 21.0. The fraction of sp³-hybridized carbons (Fsp3) is 0.409. The van der Waals surface area contributed by atoms with Crippen LogP contribution in [0.3, 0.4) is 0 Å². The van der Waals surface area contributed by atoms with E-state index in [0.29, 0.717) is 13.1 Å². The second-order valence-electron chi connectivity index (χ2n) is 8.88. The van der Waals surface area contributed by atoms with Gasteiger partial charge in [-0.05, 0) is 46.6 Å². The molecule has 1 aliphatic heterocycles. The van der Waals surface area contributed by atoms with E-state index in [0.717, 1.165) is 54.4 Å². The van der Waals surface area contributed by atoms with Crippen molar-refractivity contribution >= 4 is 49.6 Å². The summed E-state index contributed by atoms with van der Waals surface area (Å²) in [4.78, 5) is 34.7. The Bertz CT molecular complexity index is 1340. The lowest BCUT2D eigenvalue weighted by atomic mass is 10.1. The SMILES string of the molecule is Cc1cn2cc(-c3nc4sc(C5=CCN(C(=O)OC(C)(C)C)CC5)nc4s3)nc2c(C)n1. The Morgan fingerprint density at radius 2 is 1.75 bits per heavy atom. The molecule has 166 valence electrons. The van der Waals surface area contributed by atoms with Crippen LogP contribution in [-0.4, -0.2) is 54.0 Å². The molecule has 1 aliphatic rings. The fourth-order valence-electron chi connectivity index (χ4n) is 3.65. The Balaban J connectivity index is 1.36. The van der Waals surface area contributed by atoms with Crippen LogP contribution in [0, 0.1) is 13.8 Å². The largest absolute Gasteiger partial charge is 0.444 e. The number of hydrogen-bond acceptors (Lipinski definition) is 8. The highest BCUT2D eigenvalue weighted by Crippen LogP contribution is 2.36. The molecule has 0 unspecified atom stereocenters. The van der Waals surface area contributed by atoms with Crippen molar-refractivity contribution in [1.29, 1.82) is 0 Å². The highest BCUT2D eigenvalue weighted by Gasteiger charge is 2.25. The van der Waals surface area contributed by atoms with E-state index in [2.05, 4.69) is 11.1 Å². The minimum atomic E-state index is -0.487. The Hall–Kier alpha value is -2.85. The number of ether oxygens (including phenoxy) is 1. The third kappa shape index (κ3) is 4.00. The molecule has 0 saturated heterocycles. The molecule has 0 radical (unpaired) electrons. The summed E-state index contributed by atoms with van der Waals surface area (Å²) in [7, 11) is 0. The van der Waals surface area contributed by atoms with Crippen LogP contribution in [-0.2, 0) is 4.74 Å². The molecule has 0 spiro atoms. The van der Waals surface area contributed by atoms with Crippen molar-refractivity contribution in [3.63, 3.8) is 0 Å². The molecule has 0 aromatic carbocycles. The Labute approximate surface area is 193 Å². The van der Waals surface area contributed by atoms with Crippen molar-refractivity contribution in [1.82, 2.24) is 29.2 Å². The minimum Gasteiger partial charge on any atom is -0.444 e. The summed E-state index contributed by atoms with van der Waals surface area (Å²) in [6.07, 6.45) is 6.52. The summed E-state index contributed by atoms with van der Waals surface area (Å²) in [6.45, 7) is 10.7. The zero-order valence-electron chi connectivity index (χ0n) is 18.7. The third-order valence-corrected chi connectivity index (χ3v) is 7.18. The van der Waals surface area contributed by atoms with Gasteiger partial charge in [-0.1, -0.05) is 28.7 Å². The average Bonchev–Trinajstić information content (AvgIpc) is 3.39. The van der Waals surface area contributed by atoms with Crippen LogP contribution in [0.2, 0.25) is 0 Å². The Morgan fingerprint density at radius 1 is 1.03 bits per heavy atom. The van der Waals surface area contributed by atoms with E-state index in [1.807, 2.05) is 51.4 Å². The zero-order chi connectivity index (χ0) is 22.6. The Kier molecular flexibility index (Phi) is 5.01. The van der Waals surface area contributed by atoms with E-state index >= 15 is 0 Å². The number of carbonyl (C=O) groups excluding carboxylic acids is 1. The lowest BCUT2D eigenvalue weighted by molar-refractivity contribution is 0.0270. The number of aryl methyl sites for hydroxylation is 2. The number of thiazole rings is 2. The van der Waals surface area contributed by atoms with Gasteiger partial charge in [0.15, 0.2) is 15.3 Å². The first-order chi connectivity index (χ1) is 15.2. The number of hydrogen-bond donors (Lipinski definition) is 0. The number of nitrogens with zero attached hydrogens (tertiary/aromatic N) is 6. The molecule has 5 heterocycles. The molecule has 0 aliphatic carbocycles. The van der Waals surface area contributed by atoms with Gasteiger partial charge in [0, 0.05) is 25.5 Å². The van der Waals surface area contributed by atoms with E-state index in [9.17, 15) is 4.79 Å². The van der Waals surface area contributed by atoms with Gasteiger partial charge in [-0.2, -0.15) is 0 Å². The summed E-state index contributed by atoms with van der Waals surface area (Å²) in [6, 6.07) is 0. The predicted octanol–water partition coefficient (Wildman–Crippen LogP) is 5.10. The van der Waals surface area contributed by atoms with Gasteiger partial charge < -0.3 is 14.0 Å². The van der Waals surface area contributed by atoms with Gasteiger partial charge in [0.2, 0.25) is 0 Å². The maximum Gasteiger partial charge on any atom is 0.410 e. The molecule has 5 rings (SSSR count). The van der Waals surface area contributed by atoms with Crippen molar-refractivity contribution in [2.24, 2.45) is 0 Å². The smallest absolute Gasteiger partial charge is 0.410 e. The van der Waals surface area contributed by atoms with Crippen LogP contribution in [0.15, 0.2) is 18.5 Å². The lowest BCUT2D eigenvalue weighted by Gasteiger charge is -2.29. The van der Waals surface area contributed by atoms with Crippen LogP contribution in [0.25, 0.3) is 31.6 Å². The highest BCUT2D eigenvalue weighted by atomic mass is 32.1. The third-order valence-electron chi connectivity index (χ3n) is 5.06. The number of aromatic nitrogens is 5. The number of amides is 1. The van der Waals surface area contributed by atoms with Crippen LogP contribution in [0.5, 0.6) is 0 Å². The fourth-order valence-corrected chi connectivity index (χ4v) is 5.72. The van der Waals surface area contributed by atoms with E-state index in [1.165, 1.54) is 0 Å². The van der Waals surface area contributed by atoms with Gasteiger partial charge in [-0.15, -0.1) is 0 Å². The molecule has 10 heteroatoms. The minimum absolute atomic E-state index is 0.271. The quantitative estimate of drug-likeness (QED) is 0.407. The van der Waals surface area contributed by atoms with Crippen LogP contribution >= 0.6 is 22.7 Å². The molecular weight excluding hydrogens is 444 g/mol. The lowest BCUT2D eigenvalue weighted by Crippen LogP contribution is -2.39. The van der Waals surface area contributed by atoms with Gasteiger partial charge in [0.25, 0.3) is 0 Å². The van der Waals surface area contributed by atoms with E-state index in [1.54, 1.807) is 27.6 Å². The zero-order valence-corrected chi connectivity index (χ0v) is 20.3. The Morgan fingerprint density at radius 3 is 2.44 bits per heavy atom. The van der Waals surface area contributed by atoms with Gasteiger partial charge in [-0.25, -0.2) is 19.7 Å². The van der Waals surface area contributed by atoms with E-state index < -0.39 is 5.60 Å². The van der Waals surface area contributed by atoms with Gasteiger partial charge >= 0.3 is 6.09 Å². The molecule has 0 atom stereocenters. The monoisotopic (exact) mass is 468 g/mol. The standard InChI is InChI=1S/C22H24N6O2S2/c1-12-10-28-11-15(24-16(28)13(2)23-12)18-26-20-19(32-18)25-17(31-20)14-6-8-27(9-7-14)21(29)30-22(3,4)5/h6,10-11H,7-9H2,1-5H3. The molecule has 0 bridgehead atoms. The normalized spacial score (nSPS) is 14.9. The van der Waals surface area contributed by atoms with Crippen LogP contribution < -0.4 is 0 Å². The number of carbonyl (C=O) groups is 1. The predicted molar refractivity (Wildman–Crippen MR) is 127 cm³/mol. The highest BCUT2D eigenvalue weighted by molar-refractivity contribution is 7.28.